The second kappa shape index (κ2) is 6.26. The third-order valence-corrected chi connectivity index (χ3v) is 5.00. The molecular formula is C17H13N5O3S. The zero-order valence-electron chi connectivity index (χ0n) is 13.7. The van der Waals surface area contributed by atoms with Crippen molar-refractivity contribution in [2.24, 2.45) is 0 Å². The van der Waals surface area contributed by atoms with Gasteiger partial charge in [0.1, 0.15) is 0 Å². The van der Waals surface area contributed by atoms with E-state index in [0.29, 0.717) is 22.1 Å². The van der Waals surface area contributed by atoms with E-state index in [0.717, 1.165) is 11.0 Å². The first-order valence-corrected chi connectivity index (χ1v) is 8.76. The van der Waals surface area contributed by atoms with Crippen LogP contribution in [0.25, 0.3) is 16.8 Å². The fraction of sp³-hybridized carbons (Fsp3) is 0.118. The fourth-order valence-corrected chi connectivity index (χ4v) is 3.58. The normalized spacial score (nSPS) is 11.3. The van der Waals surface area contributed by atoms with Crippen LogP contribution in [0.1, 0.15) is 15.9 Å². The first kappa shape index (κ1) is 16.3. The molecule has 2 aromatic carbocycles. The molecule has 8 nitrogen and oxygen atoms in total. The average Bonchev–Trinajstić information content (AvgIpc) is 3.19. The zero-order chi connectivity index (χ0) is 18.3. The summed E-state index contributed by atoms with van der Waals surface area (Å²) in [6, 6.07) is 12.2. The fourth-order valence-electron chi connectivity index (χ4n) is 2.73. The lowest BCUT2D eigenvalue weighted by molar-refractivity contribution is -0.385. The van der Waals surface area contributed by atoms with E-state index in [4.69, 9.17) is 0 Å². The van der Waals surface area contributed by atoms with Gasteiger partial charge in [0.05, 0.1) is 21.7 Å². The summed E-state index contributed by atoms with van der Waals surface area (Å²) < 4.78 is 1.85. The summed E-state index contributed by atoms with van der Waals surface area (Å²) in [6.45, 7) is 1.64. The number of carbonyl (C=O) groups is 1. The highest BCUT2D eigenvalue weighted by Gasteiger charge is 2.17. The van der Waals surface area contributed by atoms with E-state index in [1.54, 1.807) is 19.1 Å². The van der Waals surface area contributed by atoms with Gasteiger partial charge < -0.3 is 0 Å². The van der Waals surface area contributed by atoms with E-state index in [1.807, 2.05) is 28.7 Å². The number of hydrogen-bond donors (Lipinski definition) is 1. The molecule has 0 bridgehead atoms. The number of thioether (sulfide) groups is 1. The SMILES string of the molecule is Cc1ccc(C(=O)CSc2n[nH]c3nc4ccccc4n23)cc1[N+](=O)[O-]. The molecule has 0 aliphatic rings. The maximum absolute atomic E-state index is 12.5. The van der Waals surface area contributed by atoms with Crippen LogP contribution in [0, 0.1) is 17.0 Å². The number of fused-ring (bicyclic) bond motifs is 3. The van der Waals surface area contributed by atoms with E-state index < -0.39 is 4.92 Å². The molecule has 0 aliphatic heterocycles. The number of ketones is 1. The molecule has 130 valence electrons. The Balaban J connectivity index is 1.59. The van der Waals surface area contributed by atoms with Crippen molar-refractivity contribution < 1.29 is 9.72 Å². The number of benzene rings is 2. The van der Waals surface area contributed by atoms with Gasteiger partial charge in [-0.25, -0.2) is 10.1 Å². The molecule has 0 saturated heterocycles. The molecule has 2 heterocycles. The minimum absolute atomic E-state index is 0.0522. The summed E-state index contributed by atoms with van der Waals surface area (Å²) in [7, 11) is 0. The van der Waals surface area contributed by atoms with E-state index in [2.05, 4.69) is 15.2 Å². The number of aromatic amines is 1. The van der Waals surface area contributed by atoms with Gasteiger partial charge in [0, 0.05) is 17.2 Å². The lowest BCUT2D eigenvalue weighted by Crippen LogP contribution is -2.04. The molecule has 0 saturated carbocycles. The Bertz CT molecular complexity index is 1160. The van der Waals surface area contributed by atoms with Crippen LogP contribution in [0.5, 0.6) is 0 Å². The number of nitrogens with one attached hydrogen (secondary N) is 1. The maximum Gasteiger partial charge on any atom is 0.273 e. The number of aryl methyl sites for hydroxylation is 1. The first-order chi connectivity index (χ1) is 12.5. The number of nitro benzene ring substituents is 1. The Morgan fingerprint density at radius 1 is 1.31 bits per heavy atom. The third kappa shape index (κ3) is 2.72. The zero-order valence-corrected chi connectivity index (χ0v) is 14.5. The van der Waals surface area contributed by atoms with Crippen molar-refractivity contribution in [1.29, 1.82) is 0 Å². The van der Waals surface area contributed by atoms with Gasteiger partial charge >= 0.3 is 0 Å². The monoisotopic (exact) mass is 367 g/mol. The highest BCUT2D eigenvalue weighted by molar-refractivity contribution is 7.99. The number of rotatable bonds is 5. The summed E-state index contributed by atoms with van der Waals surface area (Å²) >= 11 is 1.26. The summed E-state index contributed by atoms with van der Waals surface area (Å²) in [4.78, 5) is 27.5. The number of hydrogen-bond acceptors (Lipinski definition) is 6. The number of aromatic nitrogens is 4. The number of carbonyl (C=O) groups excluding carboxylic acids is 1. The molecule has 0 unspecified atom stereocenters. The molecule has 2 aromatic heterocycles. The largest absolute Gasteiger partial charge is 0.293 e. The van der Waals surface area contributed by atoms with Crippen molar-refractivity contribution in [1.82, 2.24) is 19.6 Å². The van der Waals surface area contributed by atoms with Crippen LogP contribution in [-0.4, -0.2) is 36.0 Å². The second-order valence-electron chi connectivity index (χ2n) is 5.74. The van der Waals surface area contributed by atoms with Crippen LogP contribution in [-0.2, 0) is 0 Å². The van der Waals surface area contributed by atoms with Crippen LogP contribution in [0.4, 0.5) is 5.69 Å². The highest BCUT2D eigenvalue weighted by atomic mass is 32.2. The quantitative estimate of drug-likeness (QED) is 0.251. The molecule has 0 amide bonds. The average molecular weight is 367 g/mol. The number of nitrogens with zero attached hydrogens (tertiary/aromatic N) is 4. The van der Waals surface area contributed by atoms with E-state index in [-0.39, 0.29) is 17.2 Å². The van der Waals surface area contributed by atoms with Crippen molar-refractivity contribution in [3.63, 3.8) is 0 Å². The van der Waals surface area contributed by atoms with Gasteiger partial charge in [-0.3, -0.25) is 19.3 Å². The minimum Gasteiger partial charge on any atom is -0.293 e. The number of imidazole rings is 1. The number of para-hydroxylation sites is 2. The molecule has 1 N–H and O–H groups in total. The number of Topliss-reactive ketones (excluding diaryl/α,β-unsaturated/α-hetero) is 1. The summed E-state index contributed by atoms with van der Waals surface area (Å²) in [5.74, 6) is 0.526. The van der Waals surface area contributed by atoms with E-state index in [1.165, 1.54) is 17.8 Å². The third-order valence-electron chi connectivity index (χ3n) is 4.06. The Morgan fingerprint density at radius 3 is 2.92 bits per heavy atom. The Labute approximate surface area is 151 Å². The van der Waals surface area contributed by atoms with Crippen LogP contribution in [0.15, 0.2) is 47.6 Å². The minimum atomic E-state index is -0.478. The molecule has 4 aromatic rings. The molecule has 0 spiro atoms. The van der Waals surface area contributed by atoms with Crippen molar-refractivity contribution >= 4 is 40.0 Å². The van der Waals surface area contributed by atoms with Gasteiger partial charge in [0.25, 0.3) is 5.69 Å². The van der Waals surface area contributed by atoms with Gasteiger partial charge in [-0.15, -0.1) is 5.10 Å². The van der Waals surface area contributed by atoms with Crippen molar-refractivity contribution in [2.45, 2.75) is 12.1 Å². The molecule has 9 heteroatoms. The molecule has 0 fully saturated rings. The standard InChI is InChI=1S/C17H13N5O3S/c1-10-6-7-11(8-14(10)22(24)25)15(23)9-26-17-20-19-16-18-12-4-2-3-5-13(12)21(16)17/h2-8H,9H2,1H3,(H,18,19). The molecule has 4 rings (SSSR count). The predicted octanol–water partition coefficient (Wildman–Crippen LogP) is 3.40. The summed E-state index contributed by atoms with van der Waals surface area (Å²) in [5, 5.41) is 18.7. The Hall–Kier alpha value is -3.20. The van der Waals surface area contributed by atoms with E-state index >= 15 is 0 Å². The van der Waals surface area contributed by atoms with Gasteiger partial charge in [-0.05, 0) is 19.1 Å². The molecule has 0 radical (unpaired) electrons. The van der Waals surface area contributed by atoms with Crippen molar-refractivity contribution in [2.75, 3.05) is 5.75 Å². The number of nitro groups is 1. The van der Waals surface area contributed by atoms with Gasteiger partial charge in [-0.2, -0.15) is 0 Å². The van der Waals surface area contributed by atoms with Gasteiger partial charge in [0.15, 0.2) is 10.9 Å². The molecule has 0 atom stereocenters. The van der Waals surface area contributed by atoms with E-state index in [9.17, 15) is 14.9 Å². The Kier molecular flexibility index (Phi) is 3.92. The molecular weight excluding hydrogens is 354 g/mol. The number of H-pyrrole nitrogens is 1. The predicted molar refractivity (Wildman–Crippen MR) is 97.7 cm³/mol. The van der Waals surface area contributed by atoms with Crippen molar-refractivity contribution in [3.8, 4) is 0 Å². The maximum atomic E-state index is 12.5. The summed E-state index contributed by atoms with van der Waals surface area (Å²) in [6.07, 6.45) is 0. The lowest BCUT2D eigenvalue weighted by atomic mass is 10.1. The van der Waals surface area contributed by atoms with Crippen LogP contribution >= 0.6 is 11.8 Å². The lowest BCUT2D eigenvalue weighted by Gasteiger charge is -2.02. The first-order valence-electron chi connectivity index (χ1n) is 7.77. The summed E-state index contributed by atoms with van der Waals surface area (Å²) in [5.41, 5.74) is 2.53. The highest BCUT2D eigenvalue weighted by Crippen LogP contribution is 2.25. The smallest absolute Gasteiger partial charge is 0.273 e. The second-order valence-corrected chi connectivity index (χ2v) is 6.68. The van der Waals surface area contributed by atoms with Crippen molar-refractivity contribution in [3.05, 3.63) is 63.7 Å². The molecule has 26 heavy (non-hydrogen) atoms. The van der Waals surface area contributed by atoms with Gasteiger partial charge in [0.2, 0.25) is 5.78 Å². The van der Waals surface area contributed by atoms with Crippen LogP contribution in [0.3, 0.4) is 0 Å². The Morgan fingerprint density at radius 2 is 2.12 bits per heavy atom. The molecule has 0 aliphatic carbocycles. The topological polar surface area (TPSA) is 106 Å². The van der Waals surface area contributed by atoms with Crippen LogP contribution < -0.4 is 0 Å². The van der Waals surface area contributed by atoms with Crippen LogP contribution in [0.2, 0.25) is 0 Å². The van der Waals surface area contributed by atoms with Gasteiger partial charge in [-0.1, -0.05) is 36.0 Å².